The second kappa shape index (κ2) is 8.03. The maximum Gasteiger partial charge on any atom is 0.178 e. The average Bonchev–Trinajstić information content (AvgIpc) is 3.10. The summed E-state index contributed by atoms with van der Waals surface area (Å²) in [6, 6.07) is 8.64. The molecule has 2 heterocycles. The van der Waals surface area contributed by atoms with E-state index in [2.05, 4.69) is 13.5 Å². The molecule has 0 bridgehead atoms. The van der Waals surface area contributed by atoms with Crippen LogP contribution >= 0.6 is 0 Å². The molecule has 2 fully saturated rings. The summed E-state index contributed by atoms with van der Waals surface area (Å²) in [5.74, 6) is -0.446. The van der Waals surface area contributed by atoms with Gasteiger partial charge >= 0.3 is 0 Å². The fraction of sp³-hybridized carbons (Fsp3) is 0.619. The summed E-state index contributed by atoms with van der Waals surface area (Å²) in [4.78, 5) is 0.368. The molecule has 150 valence electrons. The summed E-state index contributed by atoms with van der Waals surface area (Å²) in [5.41, 5.74) is 0. The lowest BCUT2D eigenvalue weighted by Gasteiger charge is -2.22. The number of hydrogen-bond acceptors (Lipinski definition) is 5. The van der Waals surface area contributed by atoms with E-state index in [1.165, 1.54) is 0 Å². The summed E-state index contributed by atoms with van der Waals surface area (Å²) in [5, 5.41) is 0. The fourth-order valence-electron chi connectivity index (χ4n) is 4.10. The Hall–Kier alpha value is -1.21. The van der Waals surface area contributed by atoms with E-state index in [4.69, 9.17) is 14.2 Å². The highest BCUT2D eigenvalue weighted by Crippen LogP contribution is 2.39. The molecule has 2 aliphatic rings. The third-order valence-corrected chi connectivity index (χ3v) is 7.38. The van der Waals surface area contributed by atoms with Gasteiger partial charge in [0, 0.05) is 12.3 Å². The molecule has 5 nitrogen and oxygen atoms in total. The van der Waals surface area contributed by atoms with Gasteiger partial charge in [0.1, 0.15) is 0 Å². The zero-order valence-corrected chi connectivity index (χ0v) is 17.2. The summed E-state index contributed by atoms with van der Waals surface area (Å²) < 4.78 is 43.6. The zero-order chi connectivity index (χ0) is 19.7. The quantitative estimate of drug-likeness (QED) is 0.661. The molecular formula is C21H30O5S. The van der Waals surface area contributed by atoms with Crippen LogP contribution in [0.25, 0.3) is 0 Å². The number of hydrogen-bond donors (Lipinski definition) is 0. The minimum atomic E-state index is -3.37. The van der Waals surface area contributed by atoms with Gasteiger partial charge in [-0.15, -0.1) is 6.58 Å². The second-order valence-corrected chi connectivity index (χ2v) is 10.1. The van der Waals surface area contributed by atoms with Crippen LogP contribution in [0, 0.1) is 11.8 Å². The van der Waals surface area contributed by atoms with E-state index in [1.54, 1.807) is 30.3 Å². The van der Waals surface area contributed by atoms with Gasteiger partial charge in [-0.2, -0.15) is 0 Å². The molecule has 0 aliphatic carbocycles. The van der Waals surface area contributed by atoms with Crippen molar-refractivity contribution in [3.05, 3.63) is 43.0 Å². The SMILES string of the molecule is C=CC[C@@H]1O[C@H](CC2COC(C)(C)O2)[C@H](C)[C@H]1CS(=O)(=O)c1ccccc1. The Morgan fingerprint density at radius 1 is 1.22 bits per heavy atom. The molecule has 0 spiro atoms. The summed E-state index contributed by atoms with van der Waals surface area (Å²) in [6.07, 6.45) is 2.94. The van der Waals surface area contributed by atoms with Crippen molar-refractivity contribution in [3.63, 3.8) is 0 Å². The number of rotatable bonds is 7. The fourth-order valence-corrected chi connectivity index (χ4v) is 5.89. The maximum atomic E-state index is 12.9. The van der Waals surface area contributed by atoms with E-state index >= 15 is 0 Å². The Bertz CT molecular complexity index is 743. The summed E-state index contributed by atoms with van der Waals surface area (Å²) >= 11 is 0. The molecule has 3 rings (SSSR count). The van der Waals surface area contributed by atoms with Gasteiger partial charge in [0.25, 0.3) is 0 Å². The van der Waals surface area contributed by atoms with Crippen LogP contribution in [0.5, 0.6) is 0 Å². The first kappa shape index (κ1) is 20.5. The molecule has 0 radical (unpaired) electrons. The van der Waals surface area contributed by atoms with Crippen molar-refractivity contribution in [1.29, 1.82) is 0 Å². The van der Waals surface area contributed by atoms with Crippen molar-refractivity contribution < 1.29 is 22.6 Å². The molecule has 1 unspecified atom stereocenters. The molecule has 0 amide bonds. The highest BCUT2D eigenvalue weighted by Gasteiger charge is 2.45. The van der Waals surface area contributed by atoms with Gasteiger partial charge in [0.2, 0.25) is 0 Å². The van der Waals surface area contributed by atoms with Crippen molar-refractivity contribution in [1.82, 2.24) is 0 Å². The molecule has 0 aromatic heterocycles. The van der Waals surface area contributed by atoms with Crippen LogP contribution in [0.3, 0.4) is 0 Å². The predicted molar refractivity (Wildman–Crippen MR) is 104 cm³/mol. The van der Waals surface area contributed by atoms with Crippen LogP contribution in [0.4, 0.5) is 0 Å². The normalized spacial score (nSPS) is 33.2. The highest BCUT2D eigenvalue weighted by atomic mass is 32.2. The van der Waals surface area contributed by atoms with Gasteiger partial charge in [0.15, 0.2) is 15.6 Å². The number of sulfone groups is 1. The molecule has 6 heteroatoms. The third kappa shape index (κ3) is 4.80. The van der Waals surface area contributed by atoms with Gasteiger partial charge in [-0.1, -0.05) is 31.2 Å². The molecule has 2 aliphatic heterocycles. The molecule has 1 aromatic carbocycles. The van der Waals surface area contributed by atoms with E-state index in [0.29, 0.717) is 24.3 Å². The summed E-state index contributed by atoms with van der Waals surface area (Å²) in [7, 11) is -3.37. The monoisotopic (exact) mass is 394 g/mol. The van der Waals surface area contributed by atoms with Crippen molar-refractivity contribution in [2.24, 2.45) is 11.8 Å². The number of ether oxygens (including phenoxy) is 3. The molecule has 5 atom stereocenters. The molecule has 1 aromatic rings. The van der Waals surface area contributed by atoms with E-state index < -0.39 is 15.6 Å². The van der Waals surface area contributed by atoms with Crippen molar-refractivity contribution in [2.45, 2.75) is 62.6 Å². The molecule has 0 N–H and O–H groups in total. The largest absolute Gasteiger partial charge is 0.374 e. The first-order valence-corrected chi connectivity index (χ1v) is 11.2. The van der Waals surface area contributed by atoms with Crippen LogP contribution in [-0.2, 0) is 24.0 Å². The zero-order valence-electron chi connectivity index (χ0n) is 16.3. The van der Waals surface area contributed by atoms with Crippen molar-refractivity contribution >= 4 is 9.84 Å². The van der Waals surface area contributed by atoms with Crippen LogP contribution in [0.1, 0.15) is 33.6 Å². The van der Waals surface area contributed by atoms with E-state index in [9.17, 15) is 8.42 Å². The lowest BCUT2D eigenvalue weighted by molar-refractivity contribution is -0.142. The van der Waals surface area contributed by atoms with E-state index in [-0.39, 0.29) is 35.9 Å². The Morgan fingerprint density at radius 2 is 1.93 bits per heavy atom. The highest BCUT2D eigenvalue weighted by molar-refractivity contribution is 7.91. The van der Waals surface area contributed by atoms with Crippen LogP contribution < -0.4 is 0 Å². The minimum Gasteiger partial charge on any atom is -0.374 e. The average molecular weight is 395 g/mol. The van der Waals surface area contributed by atoms with Crippen molar-refractivity contribution in [2.75, 3.05) is 12.4 Å². The second-order valence-electron chi connectivity index (χ2n) is 8.04. The third-order valence-electron chi connectivity index (χ3n) is 5.56. The van der Waals surface area contributed by atoms with E-state index in [1.807, 2.05) is 19.9 Å². The van der Waals surface area contributed by atoms with Gasteiger partial charge in [0.05, 0.1) is 35.6 Å². The van der Waals surface area contributed by atoms with Crippen LogP contribution in [-0.4, -0.2) is 44.9 Å². The minimum absolute atomic E-state index is 0.0266. The van der Waals surface area contributed by atoms with Crippen LogP contribution in [0.2, 0.25) is 0 Å². The first-order chi connectivity index (χ1) is 12.7. The molecular weight excluding hydrogens is 364 g/mol. The van der Waals surface area contributed by atoms with Crippen LogP contribution in [0.15, 0.2) is 47.9 Å². The molecule has 27 heavy (non-hydrogen) atoms. The smallest absolute Gasteiger partial charge is 0.178 e. The Balaban J connectivity index is 1.72. The maximum absolute atomic E-state index is 12.9. The van der Waals surface area contributed by atoms with Gasteiger partial charge in [-0.05, 0) is 38.3 Å². The predicted octanol–water partition coefficient (Wildman–Crippen LogP) is 3.60. The van der Waals surface area contributed by atoms with Gasteiger partial charge < -0.3 is 14.2 Å². The lowest BCUT2D eigenvalue weighted by atomic mass is 9.87. The van der Waals surface area contributed by atoms with E-state index in [0.717, 1.165) is 0 Å². The Labute approximate surface area is 162 Å². The molecule has 2 saturated heterocycles. The Morgan fingerprint density at radius 3 is 2.52 bits per heavy atom. The van der Waals surface area contributed by atoms with Crippen molar-refractivity contribution in [3.8, 4) is 0 Å². The summed E-state index contributed by atoms with van der Waals surface area (Å²) in [6.45, 7) is 10.2. The van der Waals surface area contributed by atoms with Gasteiger partial charge in [-0.25, -0.2) is 8.42 Å². The lowest BCUT2D eigenvalue weighted by Crippen LogP contribution is -2.29. The topological polar surface area (TPSA) is 61.8 Å². The first-order valence-electron chi connectivity index (χ1n) is 9.58. The standard InChI is InChI=1S/C21H30O5S/c1-5-9-19-18(14-27(22,23)17-10-7-6-8-11-17)15(2)20(25-19)12-16-13-24-21(3,4)26-16/h5-8,10-11,15-16,18-20H,1,9,12-14H2,2-4H3/t15-,16?,18-,19+,20-/m1/s1. The molecule has 0 saturated carbocycles. The number of benzene rings is 1. The Kier molecular flexibility index (Phi) is 6.11. The van der Waals surface area contributed by atoms with Gasteiger partial charge in [-0.3, -0.25) is 0 Å².